The van der Waals surface area contributed by atoms with Gasteiger partial charge in [-0.1, -0.05) is 0 Å². The van der Waals surface area contributed by atoms with Gasteiger partial charge in [-0.2, -0.15) is 0 Å². The smallest absolute Gasteiger partial charge is 0.177 e. The number of hydrogen-bond donors (Lipinski definition) is 1. The fourth-order valence-corrected chi connectivity index (χ4v) is 2.77. The van der Waals surface area contributed by atoms with Crippen molar-refractivity contribution in [2.24, 2.45) is 0 Å². The first kappa shape index (κ1) is 14.4. The van der Waals surface area contributed by atoms with Gasteiger partial charge in [0.1, 0.15) is 0 Å². The number of aryl methyl sites for hydroxylation is 2. The zero-order valence-corrected chi connectivity index (χ0v) is 11.8. The quantitative estimate of drug-likeness (QED) is 0.793. The van der Waals surface area contributed by atoms with Crippen molar-refractivity contribution in [2.75, 3.05) is 19.7 Å². The van der Waals surface area contributed by atoms with E-state index in [-0.39, 0.29) is 18.4 Å². The van der Waals surface area contributed by atoms with Crippen molar-refractivity contribution in [2.45, 2.75) is 33.7 Å². The Kier molecular flexibility index (Phi) is 5.31. The highest BCUT2D eigenvalue weighted by Crippen LogP contribution is 2.21. The van der Waals surface area contributed by atoms with E-state index in [4.69, 9.17) is 5.11 Å². The molecule has 0 fully saturated rings. The SMILES string of the molecule is Cc1cc(C(=O)CN(CCO)C(C)C)c(C)s1. The van der Waals surface area contributed by atoms with Crippen LogP contribution < -0.4 is 0 Å². The molecular weight excluding hydrogens is 234 g/mol. The molecule has 0 saturated carbocycles. The van der Waals surface area contributed by atoms with Gasteiger partial charge >= 0.3 is 0 Å². The summed E-state index contributed by atoms with van der Waals surface area (Å²) < 4.78 is 0. The molecule has 1 aromatic rings. The van der Waals surface area contributed by atoms with Crippen molar-refractivity contribution in [1.82, 2.24) is 4.90 Å². The molecule has 0 saturated heterocycles. The van der Waals surface area contributed by atoms with Crippen LogP contribution in [-0.2, 0) is 0 Å². The molecule has 0 aliphatic carbocycles. The van der Waals surface area contributed by atoms with Crippen LogP contribution >= 0.6 is 11.3 Å². The van der Waals surface area contributed by atoms with Gasteiger partial charge in [0.05, 0.1) is 13.2 Å². The van der Waals surface area contributed by atoms with Crippen molar-refractivity contribution < 1.29 is 9.90 Å². The standard InChI is InChI=1S/C13H21NO2S/c1-9(2)14(5-6-15)8-13(16)12-7-10(3)17-11(12)4/h7,9,15H,5-6,8H2,1-4H3. The topological polar surface area (TPSA) is 40.5 Å². The van der Waals surface area contributed by atoms with E-state index in [1.165, 1.54) is 4.88 Å². The van der Waals surface area contributed by atoms with Gasteiger partial charge in [0, 0.05) is 27.9 Å². The number of aliphatic hydroxyl groups is 1. The highest BCUT2D eigenvalue weighted by atomic mass is 32.1. The summed E-state index contributed by atoms with van der Waals surface area (Å²) in [5.74, 6) is 0.147. The number of carbonyl (C=O) groups excluding carboxylic acids is 1. The average molecular weight is 255 g/mol. The molecule has 0 amide bonds. The van der Waals surface area contributed by atoms with Crippen LogP contribution in [0.4, 0.5) is 0 Å². The monoisotopic (exact) mass is 255 g/mol. The lowest BCUT2D eigenvalue weighted by atomic mass is 10.1. The number of nitrogens with zero attached hydrogens (tertiary/aromatic N) is 1. The van der Waals surface area contributed by atoms with Crippen molar-refractivity contribution in [1.29, 1.82) is 0 Å². The summed E-state index contributed by atoms with van der Waals surface area (Å²) in [7, 11) is 0. The van der Waals surface area contributed by atoms with Crippen LogP contribution in [0.2, 0.25) is 0 Å². The number of rotatable bonds is 6. The molecule has 0 aromatic carbocycles. The van der Waals surface area contributed by atoms with Gasteiger partial charge in [0.15, 0.2) is 5.78 Å². The third-order valence-corrected chi connectivity index (χ3v) is 3.77. The second kappa shape index (κ2) is 6.28. The Bertz CT molecular complexity index is 385. The number of thiophene rings is 1. The lowest BCUT2D eigenvalue weighted by Gasteiger charge is -2.24. The van der Waals surface area contributed by atoms with Crippen LogP contribution in [0.25, 0.3) is 0 Å². The number of Topliss-reactive ketones (excluding diaryl/α,β-unsaturated/α-hetero) is 1. The minimum atomic E-state index is 0.0904. The summed E-state index contributed by atoms with van der Waals surface area (Å²) in [6.45, 7) is 9.09. The van der Waals surface area contributed by atoms with Crippen molar-refractivity contribution in [3.63, 3.8) is 0 Å². The Hall–Kier alpha value is -0.710. The first-order valence-corrected chi connectivity index (χ1v) is 6.72. The molecule has 1 heterocycles. The Morgan fingerprint density at radius 2 is 2.12 bits per heavy atom. The van der Waals surface area contributed by atoms with Crippen LogP contribution in [0.3, 0.4) is 0 Å². The Morgan fingerprint density at radius 1 is 1.47 bits per heavy atom. The molecule has 4 heteroatoms. The summed E-state index contributed by atoms with van der Waals surface area (Å²) in [6.07, 6.45) is 0. The molecule has 0 aliphatic heterocycles. The Balaban J connectivity index is 2.73. The van der Waals surface area contributed by atoms with E-state index in [0.717, 1.165) is 10.4 Å². The molecule has 0 unspecified atom stereocenters. The molecule has 96 valence electrons. The zero-order chi connectivity index (χ0) is 13.0. The van der Waals surface area contributed by atoms with Gasteiger partial charge in [-0.05, 0) is 33.8 Å². The molecule has 1 rings (SSSR count). The normalized spacial score (nSPS) is 11.5. The molecule has 1 N–H and O–H groups in total. The first-order chi connectivity index (χ1) is 7.95. The van der Waals surface area contributed by atoms with Gasteiger partial charge in [-0.3, -0.25) is 9.69 Å². The lowest BCUT2D eigenvalue weighted by molar-refractivity contribution is 0.0881. The number of hydrogen-bond acceptors (Lipinski definition) is 4. The van der Waals surface area contributed by atoms with Crippen LogP contribution in [0.5, 0.6) is 0 Å². The molecule has 1 aromatic heterocycles. The molecule has 0 aliphatic rings. The minimum absolute atomic E-state index is 0.0904. The second-order valence-electron chi connectivity index (χ2n) is 4.54. The maximum atomic E-state index is 12.2. The van der Waals surface area contributed by atoms with Crippen molar-refractivity contribution in [3.05, 3.63) is 21.4 Å². The summed E-state index contributed by atoms with van der Waals surface area (Å²) in [5, 5.41) is 8.98. The first-order valence-electron chi connectivity index (χ1n) is 5.90. The lowest BCUT2D eigenvalue weighted by Crippen LogP contribution is -2.37. The van der Waals surface area contributed by atoms with E-state index in [0.29, 0.717) is 13.1 Å². The predicted octanol–water partition coefficient (Wildman–Crippen LogP) is 2.25. The van der Waals surface area contributed by atoms with Crippen molar-refractivity contribution >= 4 is 17.1 Å². The minimum Gasteiger partial charge on any atom is -0.395 e. The van der Waals surface area contributed by atoms with E-state index in [2.05, 4.69) is 0 Å². The summed E-state index contributed by atoms with van der Waals surface area (Å²) >= 11 is 1.66. The summed E-state index contributed by atoms with van der Waals surface area (Å²) in [5.41, 5.74) is 0.830. The number of ketones is 1. The van der Waals surface area contributed by atoms with E-state index < -0.39 is 0 Å². The Morgan fingerprint density at radius 3 is 2.53 bits per heavy atom. The fourth-order valence-electron chi connectivity index (χ4n) is 1.83. The largest absolute Gasteiger partial charge is 0.395 e. The van der Waals surface area contributed by atoms with E-state index in [1.807, 2.05) is 38.7 Å². The third kappa shape index (κ3) is 3.91. The van der Waals surface area contributed by atoms with Gasteiger partial charge in [0.2, 0.25) is 0 Å². The van der Waals surface area contributed by atoms with Gasteiger partial charge < -0.3 is 5.11 Å². The van der Waals surface area contributed by atoms with Crippen LogP contribution in [-0.4, -0.2) is 41.5 Å². The summed E-state index contributed by atoms with van der Waals surface area (Å²) in [6, 6.07) is 2.23. The molecule has 0 spiro atoms. The van der Waals surface area contributed by atoms with Gasteiger partial charge in [-0.15, -0.1) is 11.3 Å². The van der Waals surface area contributed by atoms with Crippen LogP contribution in [0, 0.1) is 13.8 Å². The van der Waals surface area contributed by atoms with Crippen LogP contribution in [0.1, 0.15) is 34.0 Å². The fraction of sp³-hybridized carbons (Fsp3) is 0.615. The average Bonchev–Trinajstić information content (AvgIpc) is 2.57. The van der Waals surface area contributed by atoms with Gasteiger partial charge in [0.25, 0.3) is 0 Å². The molecule has 0 bridgehead atoms. The molecule has 0 radical (unpaired) electrons. The van der Waals surface area contributed by atoms with Crippen molar-refractivity contribution in [3.8, 4) is 0 Å². The van der Waals surface area contributed by atoms with E-state index >= 15 is 0 Å². The van der Waals surface area contributed by atoms with E-state index in [9.17, 15) is 4.79 Å². The maximum absolute atomic E-state index is 12.2. The second-order valence-corrected chi connectivity index (χ2v) is 6.00. The van der Waals surface area contributed by atoms with Crippen LogP contribution in [0.15, 0.2) is 6.07 Å². The predicted molar refractivity (Wildman–Crippen MR) is 71.9 cm³/mol. The molecule has 3 nitrogen and oxygen atoms in total. The number of aliphatic hydroxyl groups excluding tert-OH is 1. The summed E-state index contributed by atoms with van der Waals surface area (Å²) in [4.78, 5) is 16.4. The maximum Gasteiger partial charge on any atom is 0.177 e. The Labute approximate surface area is 107 Å². The van der Waals surface area contributed by atoms with Gasteiger partial charge in [-0.25, -0.2) is 0 Å². The number of carbonyl (C=O) groups is 1. The molecule has 17 heavy (non-hydrogen) atoms. The molecule has 0 atom stereocenters. The van der Waals surface area contributed by atoms with E-state index in [1.54, 1.807) is 11.3 Å². The third-order valence-electron chi connectivity index (χ3n) is 2.81. The molecular formula is C13H21NO2S. The highest BCUT2D eigenvalue weighted by molar-refractivity contribution is 7.12. The zero-order valence-electron chi connectivity index (χ0n) is 11.0. The highest BCUT2D eigenvalue weighted by Gasteiger charge is 2.17.